The minimum absolute atomic E-state index is 0.495. The predicted octanol–water partition coefficient (Wildman–Crippen LogP) is 0.659. The first-order valence-electron chi connectivity index (χ1n) is 4.05. The zero-order chi connectivity index (χ0) is 9.80. The van der Waals surface area contributed by atoms with Gasteiger partial charge >= 0.3 is 0 Å². The summed E-state index contributed by atoms with van der Waals surface area (Å²) in [7, 11) is 0. The zero-order valence-electron chi connectivity index (χ0n) is 7.34. The second-order valence-corrected chi connectivity index (χ2v) is 2.67. The van der Waals surface area contributed by atoms with Gasteiger partial charge in [-0.15, -0.1) is 0 Å². The van der Waals surface area contributed by atoms with Crippen molar-refractivity contribution in [2.45, 2.75) is 6.54 Å². The van der Waals surface area contributed by atoms with Crippen molar-refractivity contribution in [3.63, 3.8) is 0 Å². The van der Waals surface area contributed by atoms with E-state index in [4.69, 9.17) is 5.73 Å². The molecule has 2 aromatic heterocycles. The summed E-state index contributed by atoms with van der Waals surface area (Å²) in [5.41, 5.74) is 6.30. The molecule has 0 amide bonds. The molecule has 6 nitrogen and oxygen atoms in total. The van der Waals surface area contributed by atoms with Crippen LogP contribution in [0.1, 0.15) is 5.82 Å². The maximum Gasteiger partial charge on any atom is 0.213 e. The molecule has 0 bridgehead atoms. The number of nitrogen functional groups attached to an aromatic ring is 1. The first kappa shape index (κ1) is 8.49. The molecule has 0 unspecified atom stereocenters. The van der Waals surface area contributed by atoms with Crippen LogP contribution in [0.2, 0.25) is 0 Å². The summed E-state index contributed by atoms with van der Waals surface area (Å²) in [5, 5.41) is 6.73. The number of nitrogens with one attached hydrogen (secondary N) is 1. The van der Waals surface area contributed by atoms with Gasteiger partial charge in [0.15, 0.2) is 5.82 Å². The Morgan fingerprint density at radius 1 is 1.36 bits per heavy atom. The van der Waals surface area contributed by atoms with Crippen LogP contribution in [0, 0.1) is 0 Å². The fourth-order valence-corrected chi connectivity index (χ4v) is 0.961. The molecular formula is C8H9N5O. The van der Waals surface area contributed by atoms with Gasteiger partial charge in [-0.3, -0.25) is 0 Å². The summed E-state index contributed by atoms with van der Waals surface area (Å²) in [5.74, 6) is 1.09. The largest absolute Gasteiger partial charge is 0.384 e. The van der Waals surface area contributed by atoms with Crippen LogP contribution >= 0.6 is 0 Å². The molecule has 0 saturated carbocycles. The molecule has 72 valence electrons. The molecule has 0 saturated heterocycles. The highest BCUT2D eigenvalue weighted by Crippen LogP contribution is 2.07. The summed E-state index contributed by atoms with van der Waals surface area (Å²) in [6.45, 7) is 0.502. The van der Waals surface area contributed by atoms with Crippen LogP contribution in [0.5, 0.6) is 0 Å². The Kier molecular flexibility index (Phi) is 2.26. The first-order valence-corrected chi connectivity index (χ1v) is 4.05. The van der Waals surface area contributed by atoms with Crippen molar-refractivity contribution in [1.82, 2.24) is 15.1 Å². The molecule has 3 N–H and O–H groups in total. The number of hydrogen-bond acceptors (Lipinski definition) is 6. The van der Waals surface area contributed by atoms with Gasteiger partial charge < -0.3 is 15.6 Å². The summed E-state index contributed by atoms with van der Waals surface area (Å²) in [6.07, 6.45) is 2.94. The van der Waals surface area contributed by atoms with Crippen LogP contribution in [-0.2, 0) is 6.54 Å². The number of rotatable bonds is 3. The van der Waals surface area contributed by atoms with Gasteiger partial charge in [0.25, 0.3) is 0 Å². The number of pyridine rings is 1. The quantitative estimate of drug-likeness (QED) is 0.740. The molecule has 0 aliphatic carbocycles. The van der Waals surface area contributed by atoms with E-state index >= 15 is 0 Å². The van der Waals surface area contributed by atoms with Gasteiger partial charge in [0, 0.05) is 0 Å². The Bertz CT molecular complexity index is 383. The fraction of sp³-hybridized carbons (Fsp3) is 0.125. The van der Waals surface area contributed by atoms with Crippen LogP contribution in [-0.4, -0.2) is 15.1 Å². The Hall–Kier alpha value is -2.11. The molecule has 0 fully saturated rings. The topological polar surface area (TPSA) is 89.9 Å². The summed E-state index contributed by atoms with van der Waals surface area (Å²) >= 11 is 0. The molecule has 0 radical (unpaired) electrons. The number of nitrogens with two attached hydrogens (primary N) is 1. The van der Waals surface area contributed by atoms with E-state index in [9.17, 15) is 0 Å². The highest BCUT2D eigenvalue weighted by Gasteiger charge is 1.97. The van der Waals surface area contributed by atoms with E-state index in [1.807, 2.05) is 6.07 Å². The molecule has 0 aliphatic heterocycles. The molecule has 0 aliphatic rings. The normalized spacial score (nSPS) is 10.0. The third-order valence-corrected chi connectivity index (χ3v) is 1.64. The Balaban J connectivity index is 1.95. The van der Waals surface area contributed by atoms with Crippen LogP contribution in [0.4, 0.5) is 11.5 Å². The summed E-state index contributed by atoms with van der Waals surface area (Å²) < 4.78 is 4.59. The highest BCUT2D eigenvalue weighted by molar-refractivity contribution is 5.45. The third kappa shape index (κ3) is 1.98. The maximum atomic E-state index is 5.44. The van der Waals surface area contributed by atoms with E-state index in [2.05, 4.69) is 25.0 Å². The molecule has 2 aromatic rings. The van der Waals surface area contributed by atoms with Gasteiger partial charge in [-0.2, -0.15) is 4.98 Å². The second kappa shape index (κ2) is 3.73. The van der Waals surface area contributed by atoms with E-state index in [-0.39, 0.29) is 0 Å². The fourth-order valence-electron chi connectivity index (χ4n) is 0.961. The van der Waals surface area contributed by atoms with Crippen molar-refractivity contribution in [3.8, 4) is 0 Å². The van der Waals surface area contributed by atoms with Gasteiger partial charge in [0.1, 0.15) is 5.82 Å². The lowest BCUT2D eigenvalue weighted by molar-refractivity contribution is 0.411. The van der Waals surface area contributed by atoms with E-state index < -0.39 is 0 Å². The van der Waals surface area contributed by atoms with Crippen LogP contribution < -0.4 is 11.1 Å². The number of nitrogens with zero attached hydrogens (tertiary/aromatic N) is 3. The predicted molar refractivity (Wildman–Crippen MR) is 50.3 cm³/mol. The van der Waals surface area contributed by atoms with Gasteiger partial charge in [0.05, 0.1) is 18.4 Å². The van der Waals surface area contributed by atoms with Crippen LogP contribution in [0.15, 0.2) is 29.2 Å². The van der Waals surface area contributed by atoms with Crippen molar-refractivity contribution in [1.29, 1.82) is 0 Å². The van der Waals surface area contributed by atoms with Gasteiger partial charge in [-0.05, 0) is 12.1 Å². The number of aromatic nitrogens is 3. The smallest absolute Gasteiger partial charge is 0.213 e. The van der Waals surface area contributed by atoms with Gasteiger partial charge in [0.2, 0.25) is 6.39 Å². The minimum Gasteiger partial charge on any atom is -0.384 e. The van der Waals surface area contributed by atoms with E-state index in [0.717, 1.165) is 5.69 Å². The van der Waals surface area contributed by atoms with Crippen LogP contribution in [0.3, 0.4) is 0 Å². The Morgan fingerprint density at radius 2 is 2.29 bits per heavy atom. The molecule has 6 heteroatoms. The molecule has 2 heterocycles. The van der Waals surface area contributed by atoms with Gasteiger partial charge in [-0.1, -0.05) is 5.16 Å². The Labute approximate surface area is 80.1 Å². The number of anilines is 2. The lowest BCUT2D eigenvalue weighted by atomic mass is 10.4. The van der Waals surface area contributed by atoms with E-state index in [1.54, 1.807) is 12.3 Å². The standard InChI is InChI=1S/C8H9N5O/c9-7-2-1-6(3-11-7)10-4-8-12-5-14-13-8/h1-3,5,10H,4H2,(H2,9,11). The minimum atomic E-state index is 0.495. The average Bonchev–Trinajstić information content (AvgIpc) is 2.70. The summed E-state index contributed by atoms with van der Waals surface area (Å²) in [6, 6.07) is 3.56. The third-order valence-electron chi connectivity index (χ3n) is 1.64. The molecule has 0 atom stereocenters. The lowest BCUT2D eigenvalue weighted by Gasteiger charge is -2.02. The number of hydrogen-bond donors (Lipinski definition) is 2. The summed E-state index contributed by atoms with van der Waals surface area (Å²) in [4.78, 5) is 7.79. The maximum absolute atomic E-state index is 5.44. The molecular weight excluding hydrogens is 182 g/mol. The molecule has 0 aromatic carbocycles. The van der Waals surface area contributed by atoms with Crippen molar-refractivity contribution >= 4 is 11.5 Å². The van der Waals surface area contributed by atoms with Crippen molar-refractivity contribution in [3.05, 3.63) is 30.5 Å². The second-order valence-electron chi connectivity index (χ2n) is 2.67. The van der Waals surface area contributed by atoms with Crippen LogP contribution in [0.25, 0.3) is 0 Å². The monoisotopic (exact) mass is 191 g/mol. The SMILES string of the molecule is Nc1ccc(NCc2ncon2)cn1. The van der Waals surface area contributed by atoms with Crippen molar-refractivity contribution in [2.75, 3.05) is 11.1 Å². The molecule has 2 rings (SSSR count). The van der Waals surface area contributed by atoms with Crippen molar-refractivity contribution < 1.29 is 4.52 Å². The lowest BCUT2D eigenvalue weighted by Crippen LogP contribution is -2.01. The first-order chi connectivity index (χ1) is 6.84. The Morgan fingerprint density at radius 3 is 2.93 bits per heavy atom. The average molecular weight is 191 g/mol. The van der Waals surface area contributed by atoms with Crippen molar-refractivity contribution in [2.24, 2.45) is 0 Å². The zero-order valence-corrected chi connectivity index (χ0v) is 7.34. The van der Waals surface area contributed by atoms with Gasteiger partial charge in [-0.25, -0.2) is 4.98 Å². The highest BCUT2D eigenvalue weighted by atomic mass is 16.5. The van der Waals surface area contributed by atoms with E-state index in [1.165, 1.54) is 6.39 Å². The molecule has 14 heavy (non-hydrogen) atoms. The van der Waals surface area contributed by atoms with E-state index in [0.29, 0.717) is 18.2 Å². The molecule has 0 spiro atoms.